The number of hydrogen-bond donors (Lipinski definition) is 1. The van der Waals surface area contributed by atoms with Gasteiger partial charge in [0.2, 0.25) is 11.8 Å². The fraction of sp³-hybridized carbons (Fsp3) is 0.486. The third-order valence-corrected chi connectivity index (χ3v) is 9.32. The van der Waals surface area contributed by atoms with Crippen molar-refractivity contribution in [2.24, 2.45) is 5.92 Å². The maximum atomic E-state index is 14.0. The van der Waals surface area contributed by atoms with Crippen LogP contribution in [-0.4, -0.2) is 100 Å². The summed E-state index contributed by atoms with van der Waals surface area (Å²) in [6.45, 7) is 5.11. The first-order chi connectivity index (χ1) is 22.1. The molecule has 0 saturated carbocycles. The Hall–Kier alpha value is -4.02. The van der Waals surface area contributed by atoms with Crippen LogP contribution < -0.4 is 5.32 Å². The molecule has 10 heteroatoms. The monoisotopic (exact) mass is 612 g/mol. The number of nitrogens with one attached hydrogen (secondary N) is 1. The quantitative estimate of drug-likeness (QED) is 0.474. The van der Waals surface area contributed by atoms with E-state index in [-0.39, 0.29) is 29.7 Å². The summed E-state index contributed by atoms with van der Waals surface area (Å²) >= 11 is 0. The summed E-state index contributed by atoms with van der Waals surface area (Å²) in [6.07, 6.45) is 8.09. The van der Waals surface area contributed by atoms with Crippen LogP contribution in [0.3, 0.4) is 0 Å². The third-order valence-electron chi connectivity index (χ3n) is 9.32. The minimum atomic E-state index is -0.571. The smallest absolute Gasteiger partial charge is 0.254 e. The number of likely N-dealkylation sites (tertiary alicyclic amines) is 1. The molecular weight excluding hydrogens is 568 g/mol. The molecule has 3 aromatic rings. The van der Waals surface area contributed by atoms with Crippen LogP contribution in [0.1, 0.15) is 54.4 Å². The highest BCUT2D eigenvalue weighted by Gasteiger charge is 2.44. The molecule has 238 valence electrons. The van der Waals surface area contributed by atoms with Crippen molar-refractivity contribution >= 4 is 17.7 Å². The minimum Gasteiger partial charge on any atom is -0.381 e. The molecule has 0 unspecified atom stereocenters. The summed E-state index contributed by atoms with van der Waals surface area (Å²) in [5.41, 5.74) is 2.86. The molecule has 2 aromatic carbocycles. The third kappa shape index (κ3) is 7.62. The van der Waals surface area contributed by atoms with E-state index < -0.39 is 6.04 Å². The van der Waals surface area contributed by atoms with Crippen LogP contribution in [0.15, 0.2) is 73.1 Å². The number of nitrogens with zero attached hydrogens (tertiary/aromatic N) is 5. The van der Waals surface area contributed by atoms with Gasteiger partial charge in [-0.15, -0.1) is 0 Å². The molecule has 0 radical (unpaired) electrons. The van der Waals surface area contributed by atoms with Crippen molar-refractivity contribution in [3.05, 3.63) is 84.2 Å². The van der Waals surface area contributed by atoms with E-state index in [1.807, 2.05) is 52.2 Å². The predicted octanol–water partition coefficient (Wildman–Crippen LogP) is 3.51. The Morgan fingerprint density at radius 2 is 1.73 bits per heavy atom. The summed E-state index contributed by atoms with van der Waals surface area (Å²) in [6, 6.07) is 18.9. The second-order valence-corrected chi connectivity index (χ2v) is 12.4. The lowest BCUT2D eigenvalue weighted by atomic mass is 9.98. The number of ether oxygens (including phenoxy) is 1. The molecule has 6 rings (SSSR count). The Kier molecular flexibility index (Phi) is 10.2. The van der Waals surface area contributed by atoms with Gasteiger partial charge in [0, 0.05) is 69.8 Å². The maximum Gasteiger partial charge on any atom is 0.254 e. The standard InChI is InChI=1S/C35H44N6O4/c42-33-32-24-31(26-40(32)35(44)29-13-21-45-22-14-29)39(34(43)28-10-2-1-3-11-28)19-8-18-38(17-5-4-15-36-33)25-27-9-6-12-30(23-27)41-20-7-16-37-41/h1-3,6-7,9-12,16,20,23,29,31-32H,4-5,8,13-15,17-19,21-22,24-26H2,(H,36,42)/t31-,32-/m0/s1. The van der Waals surface area contributed by atoms with Crippen molar-refractivity contribution in [3.63, 3.8) is 0 Å². The van der Waals surface area contributed by atoms with Crippen LogP contribution in [-0.2, 0) is 20.9 Å². The minimum absolute atomic E-state index is 0.0147. The molecule has 0 aliphatic carbocycles. The van der Waals surface area contributed by atoms with Crippen LogP contribution in [0.4, 0.5) is 0 Å². The normalized spacial score (nSPS) is 22.5. The van der Waals surface area contributed by atoms with Crippen molar-refractivity contribution < 1.29 is 19.1 Å². The van der Waals surface area contributed by atoms with Crippen LogP contribution in [0.2, 0.25) is 0 Å². The second-order valence-electron chi connectivity index (χ2n) is 12.4. The molecule has 4 heterocycles. The fourth-order valence-corrected chi connectivity index (χ4v) is 6.91. The van der Waals surface area contributed by atoms with Gasteiger partial charge >= 0.3 is 0 Å². The Morgan fingerprint density at radius 1 is 0.911 bits per heavy atom. The first kappa shape index (κ1) is 31.0. The van der Waals surface area contributed by atoms with E-state index in [4.69, 9.17) is 4.74 Å². The lowest BCUT2D eigenvalue weighted by Gasteiger charge is -2.31. The van der Waals surface area contributed by atoms with Crippen molar-refractivity contribution in [1.82, 2.24) is 29.8 Å². The van der Waals surface area contributed by atoms with Gasteiger partial charge in [-0.25, -0.2) is 4.68 Å². The number of carbonyl (C=O) groups excluding carboxylic acids is 3. The van der Waals surface area contributed by atoms with Gasteiger partial charge < -0.3 is 19.9 Å². The summed E-state index contributed by atoms with van der Waals surface area (Å²) in [4.78, 5) is 47.5. The molecule has 2 bridgehead atoms. The Labute approximate surface area is 265 Å². The van der Waals surface area contributed by atoms with Crippen LogP contribution >= 0.6 is 0 Å². The van der Waals surface area contributed by atoms with E-state index >= 15 is 0 Å². The van der Waals surface area contributed by atoms with E-state index in [1.165, 1.54) is 5.56 Å². The number of aromatic nitrogens is 2. The maximum absolute atomic E-state index is 14.0. The van der Waals surface area contributed by atoms with Gasteiger partial charge in [-0.05, 0) is 81.0 Å². The van der Waals surface area contributed by atoms with Crippen molar-refractivity contribution in [1.29, 1.82) is 0 Å². The molecular formula is C35H44N6O4. The predicted molar refractivity (Wildman–Crippen MR) is 171 cm³/mol. The number of benzene rings is 2. The van der Waals surface area contributed by atoms with Gasteiger partial charge in [-0.2, -0.15) is 5.10 Å². The van der Waals surface area contributed by atoms with Crippen LogP contribution in [0.5, 0.6) is 0 Å². The molecule has 3 saturated heterocycles. The summed E-state index contributed by atoms with van der Waals surface area (Å²) in [5.74, 6) is -0.297. The highest BCUT2D eigenvalue weighted by atomic mass is 16.5. The van der Waals surface area contributed by atoms with Crippen molar-refractivity contribution in [2.45, 2.75) is 57.2 Å². The molecule has 1 N–H and O–H groups in total. The zero-order chi connectivity index (χ0) is 31.0. The van der Waals surface area contributed by atoms with Crippen LogP contribution in [0, 0.1) is 5.92 Å². The van der Waals surface area contributed by atoms with E-state index in [9.17, 15) is 14.4 Å². The average Bonchev–Trinajstić information content (AvgIpc) is 3.78. The number of fused-ring (bicyclic) bond motifs is 2. The molecule has 10 nitrogen and oxygen atoms in total. The first-order valence-electron chi connectivity index (χ1n) is 16.4. The number of rotatable bonds is 5. The van der Waals surface area contributed by atoms with Gasteiger partial charge in [0.1, 0.15) is 6.04 Å². The number of carbonyl (C=O) groups is 3. The highest BCUT2D eigenvalue weighted by Crippen LogP contribution is 2.29. The molecule has 1 aromatic heterocycles. The largest absolute Gasteiger partial charge is 0.381 e. The van der Waals surface area contributed by atoms with Crippen molar-refractivity contribution in [2.75, 3.05) is 45.9 Å². The summed E-state index contributed by atoms with van der Waals surface area (Å²) < 4.78 is 7.37. The molecule has 0 spiro atoms. The van der Waals surface area contributed by atoms with Gasteiger partial charge in [0.15, 0.2) is 0 Å². The molecule has 3 fully saturated rings. The molecule has 2 atom stereocenters. The molecule has 3 amide bonds. The topological polar surface area (TPSA) is 100 Å². The fourth-order valence-electron chi connectivity index (χ4n) is 6.91. The van der Waals surface area contributed by atoms with E-state index in [2.05, 4.69) is 39.6 Å². The zero-order valence-corrected chi connectivity index (χ0v) is 25.9. The lowest BCUT2D eigenvalue weighted by molar-refractivity contribution is -0.144. The Morgan fingerprint density at radius 3 is 2.53 bits per heavy atom. The highest BCUT2D eigenvalue weighted by molar-refractivity contribution is 5.95. The second kappa shape index (κ2) is 14.8. The van der Waals surface area contributed by atoms with E-state index in [0.29, 0.717) is 57.7 Å². The SMILES string of the molecule is O=C1NCCCCN(Cc2cccc(-n3cccn3)c2)CCCN(C(=O)c2ccccc2)[C@H]2C[C@@H]1N(C(=O)C1CCOCC1)C2. The van der Waals surface area contributed by atoms with Gasteiger partial charge in [0.05, 0.1) is 11.7 Å². The Bertz CT molecular complexity index is 1420. The van der Waals surface area contributed by atoms with E-state index in [0.717, 1.165) is 44.6 Å². The Balaban J connectivity index is 1.22. The summed E-state index contributed by atoms with van der Waals surface area (Å²) in [7, 11) is 0. The number of amides is 3. The first-order valence-corrected chi connectivity index (χ1v) is 16.4. The van der Waals surface area contributed by atoms with Gasteiger partial charge in [0.25, 0.3) is 5.91 Å². The molecule has 3 aliphatic rings. The average molecular weight is 613 g/mol. The summed E-state index contributed by atoms with van der Waals surface area (Å²) in [5, 5.41) is 7.50. The zero-order valence-electron chi connectivity index (χ0n) is 25.9. The number of hydrogen-bond acceptors (Lipinski definition) is 6. The van der Waals surface area contributed by atoms with Crippen LogP contribution in [0.25, 0.3) is 5.69 Å². The van der Waals surface area contributed by atoms with Gasteiger partial charge in [-0.1, -0.05) is 30.3 Å². The van der Waals surface area contributed by atoms with Crippen molar-refractivity contribution in [3.8, 4) is 5.69 Å². The lowest BCUT2D eigenvalue weighted by Crippen LogP contribution is -2.49. The molecule has 3 aliphatic heterocycles. The van der Waals surface area contributed by atoms with Gasteiger partial charge in [-0.3, -0.25) is 19.3 Å². The molecule has 45 heavy (non-hydrogen) atoms. The van der Waals surface area contributed by atoms with E-state index in [1.54, 1.807) is 11.1 Å².